The van der Waals surface area contributed by atoms with Crippen LogP contribution in [0.15, 0.2) is 30.3 Å². The van der Waals surface area contributed by atoms with E-state index in [2.05, 4.69) is 31.2 Å². The molecule has 2 heteroatoms. The Morgan fingerprint density at radius 2 is 1.77 bits per heavy atom. The summed E-state index contributed by atoms with van der Waals surface area (Å²) in [5.74, 6) is 0.487. The third kappa shape index (κ3) is 3.58. The lowest BCUT2D eigenvalue weighted by Gasteiger charge is -2.15. The lowest BCUT2D eigenvalue weighted by atomic mass is 9.94. The first-order valence-electron chi connectivity index (χ1n) is 4.57. The molecule has 1 aromatic carbocycles. The number of hydrogen-bond acceptors (Lipinski definition) is 0. The van der Waals surface area contributed by atoms with Crippen molar-refractivity contribution in [3.05, 3.63) is 35.9 Å². The zero-order chi connectivity index (χ0) is 9.68. The number of alkyl halides is 2. The fraction of sp³-hybridized carbons (Fsp3) is 0.455. The minimum absolute atomic E-state index is 0.259. The quantitative estimate of drug-likeness (QED) is 0.656. The van der Waals surface area contributed by atoms with Gasteiger partial charge in [0.2, 0.25) is 0 Å². The summed E-state index contributed by atoms with van der Waals surface area (Å²) >= 11 is 11.5. The standard InChI is InChI=1S/C11H14Cl2/c1-2-9(8-11(12)13)10-6-4-3-5-7-10/h3-7,9,11H,2,8H2,1H3. The molecule has 0 bridgehead atoms. The Morgan fingerprint density at radius 1 is 1.15 bits per heavy atom. The second-order valence-corrected chi connectivity index (χ2v) is 4.42. The molecule has 0 saturated carbocycles. The number of halogens is 2. The summed E-state index contributed by atoms with van der Waals surface area (Å²) in [5, 5.41) is 0. The van der Waals surface area contributed by atoms with Crippen LogP contribution >= 0.6 is 23.2 Å². The Morgan fingerprint density at radius 3 is 2.23 bits per heavy atom. The van der Waals surface area contributed by atoms with E-state index in [1.54, 1.807) is 0 Å². The van der Waals surface area contributed by atoms with Crippen molar-refractivity contribution in [1.29, 1.82) is 0 Å². The van der Waals surface area contributed by atoms with Crippen molar-refractivity contribution in [2.75, 3.05) is 0 Å². The summed E-state index contributed by atoms with van der Waals surface area (Å²) in [6.45, 7) is 2.16. The van der Waals surface area contributed by atoms with Crippen LogP contribution in [0.25, 0.3) is 0 Å². The van der Waals surface area contributed by atoms with E-state index in [9.17, 15) is 0 Å². The predicted molar refractivity (Wildman–Crippen MR) is 59.6 cm³/mol. The molecule has 0 aromatic heterocycles. The molecule has 13 heavy (non-hydrogen) atoms. The number of rotatable bonds is 4. The summed E-state index contributed by atoms with van der Waals surface area (Å²) in [6, 6.07) is 10.4. The average Bonchev–Trinajstić information content (AvgIpc) is 2.15. The van der Waals surface area contributed by atoms with Crippen LogP contribution < -0.4 is 0 Å². The first kappa shape index (κ1) is 10.9. The molecule has 0 N–H and O–H groups in total. The second kappa shape index (κ2) is 5.51. The largest absolute Gasteiger partial charge is 0.108 e. The van der Waals surface area contributed by atoms with E-state index in [1.165, 1.54) is 5.56 Å². The number of benzene rings is 1. The van der Waals surface area contributed by atoms with E-state index in [1.807, 2.05) is 6.07 Å². The van der Waals surface area contributed by atoms with Crippen LogP contribution in [-0.2, 0) is 0 Å². The zero-order valence-corrected chi connectivity index (χ0v) is 9.22. The van der Waals surface area contributed by atoms with Crippen LogP contribution in [0.1, 0.15) is 31.2 Å². The van der Waals surface area contributed by atoms with E-state index in [0.29, 0.717) is 5.92 Å². The van der Waals surface area contributed by atoms with Crippen molar-refractivity contribution >= 4 is 23.2 Å². The molecule has 1 atom stereocenters. The molecule has 0 nitrogen and oxygen atoms in total. The summed E-state index contributed by atoms with van der Waals surface area (Å²) < 4.78 is 0. The Balaban J connectivity index is 2.67. The molecule has 1 aromatic rings. The zero-order valence-electron chi connectivity index (χ0n) is 7.71. The molecule has 0 aliphatic rings. The lowest BCUT2D eigenvalue weighted by molar-refractivity contribution is 0.631. The van der Waals surface area contributed by atoms with Crippen LogP contribution in [0.3, 0.4) is 0 Å². The van der Waals surface area contributed by atoms with Crippen molar-refractivity contribution in [2.24, 2.45) is 0 Å². The van der Waals surface area contributed by atoms with Gasteiger partial charge in [-0.15, -0.1) is 23.2 Å². The highest BCUT2D eigenvalue weighted by Crippen LogP contribution is 2.27. The molecule has 0 aliphatic carbocycles. The van der Waals surface area contributed by atoms with Gasteiger partial charge in [-0.3, -0.25) is 0 Å². The molecule has 0 heterocycles. The van der Waals surface area contributed by atoms with Crippen molar-refractivity contribution in [3.63, 3.8) is 0 Å². The molecule has 0 radical (unpaired) electrons. The SMILES string of the molecule is CCC(CC(Cl)Cl)c1ccccc1. The Bertz CT molecular complexity index is 231. The first-order chi connectivity index (χ1) is 6.24. The monoisotopic (exact) mass is 216 g/mol. The maximum atomic E-state index is 5.77. The average molecular weight is 217 g/mol. The van der Waals surface area contributed by atoms with E-state index >= 15 is 0 Å². The highest BCUT2D eigenvalue weighted by Gasteiger charge is 2.12. The smallest absolute Gasteiger partial charge is 0.105 e. The maximum absolute atomic E-state index is 5.77. The van der Waals surface area contributed by atoms with Crippen LogP contribution in [0.4, 0.5) is 0 Å². The molecule has 72 valence electrons. The normalized spacial score (nSPS) is 13.2. The number of hydrogen-bond donors (Lipinski definition) is 0. The molecule has 1 unspecified atom stereocenters. The summed E-state index contributed by atoms with van der Waals surface area (Å²) in [7, 11) is 0. The highest BCUT2D eigenvalue weighted by molar-refractivity contribution is 6.44. The third-order valence-corrected chi connectivity index (χ3v) is 2.58. The fourth-order valence-electron chi connectivity index (χ4n) is 1.48. The maximum Gasteiger partial charge on any atom is 0.108 e. The second-order valence-electron chi connectivity index (χ2n) is 3.14. The molecule has 0 aliphatic heterocycles. The predicted octanol–water partition coefficient (Wildman–Crippen LogP) is 4.37. The first-order valence-corrected chi connectivity index (χ1v) is 5.44. The summed E-state index contributed by atoms with van der Waals surface area (Å²) in [6.07, 6.45) is 1.92. The van der Waals surface area contributed by atoms with Gasteiger partial charge >= 0.3 is 0 Å². The van der Waals surface area contributed by atoms with Gasteiger partial charge in [0.15, 0.2) is 0 Å². The van der Waals surface area contributed by atoms with Gasteiger partial charge in [0.25, 0.3) is 0 Å². The van der Waals surface area contributed by atoms with Gasteiger partial charge in [0, 0.05) is 0 Å². The van der Waals surface area contributed by atoms with Gasteiger partial charge in [-0.05, 0) is 24.3 Å². The van der Waals surface area contributed by atoms with Gasteiger partial charge in [-0.25, -0.2) is 0 Å². The molecule has 0 amide bonds. The van der Waals surface area contributed by atoms with Gasteiger partial charge < -0.3 is 0 Å². The Labute approximate surface area is 89.9 Å². The van der Waals surface area contributed by atoms with Crippen LogP contribution in [0, 0.1) is 0 Å². The Kier molecular flexibility index (Phi) is 4.61. The van der Waals surface area contributed by atoms with Gasteiger partial charge in [0.05, 0.1) is 0 Å². The van der Waals surface area contributed by atoms with Gasteiger partial charge in [0.1, 0.15) is 4.84 Å². The topological polar surface area (TPSA) is 0 Å². The molecule has 0 spiro atoms. The van der Waals surface area contributed by atoms with Crippen molar-refractivity contribution in [1.82, 2.24) is 0 Å². The lowest BCUT2D eigenvalue weighted by Crippen LogP contribution is -2.01. The molecule has 1 rings (SSSR count). The molecular formula is C11H14Cl2. The van der Waals surface area contributed by atoms with Crippen LogP contribution in [0.2, 0.25) is 0 Å². The summed E-state index contributed by atoms with van der Waals surface area (Å²) in [4.78, 5) is -0.259. The van der Waals surface area contributed by atoms with E-state index in [-0.39, 0.29) is 4.84 Å². The fourth-order valence-corrected chi connectivity index (χ4v) is 1.91. The third-order valence-electron chi connectivity index (χ3n) is 2.23. The van der Waals surface area contributed by atoms with E-state index in [0.717, 1.165) is 12.8 Å². The van der Waals surface area contributed by atoms with Gasteiger partial charge in [-0.1, -0.05) is 37.3 Å². The van der Waals surface area contributed by atoms with E-state index in [4.69, 9.17) is 23.2 Å². The molecular weight excluding hydrogens is 203 g/mol. The van der Waals surface area contributed by atoms with E-state index < -0.39 is 0 Å². The Hall–Kier alpha value is -0.200. The summed E-state index contributed by atoms with van der Waals surface area (Å²) in [5.41, 5.74) is 1.33. The van der Waals surface area contributed by atoms with Crippen molar-refractivity contribution in [2.45, 2.75) is 30.5 Å². The minimum atomic E-state index is -0.259. The minimum Gasteiger partial charge on any atom is -0.105 e. The van der Waals surface area contributed by atoms with Crippen molar-refractivity contribution in [3.8, 4) is 0 Å². The molecule has 0 fully saturated rings. The van der Waals surface area contributed by atoms with Gasteiger partial charge in [-0.2, -0.15) is 0 Å². The van der Waals surface area contributed by atoms with Crippen molar-refractivity contribution < 1.29 is 0 Å². The molecule has 0 saturated heterocycles. The highest BCUT2D eigenvalue weighted by atomic mass is 35.5. The van der Waals surface area contributed by atoms with Crippen LogP contribution in [-0.4, -0.2) is 4.84 Å². The van der Waals surface area contributed by atoms with Crippen LogP contribution in [0.5, 0.6) is 0 Å².